The van der Waals surface area contributed by atoms with Gasteiger partial charge in [0.15, 0.2) is 0 Å². The molecule has 4 aromatic rings. The molecule has 0 saturated heterocycles. The second-order valence-corrected chi connectivity index (χ2v) is 8.04. The Balaban J connectivity index is 1.92. The molecule has 0 spiro atoms. The van der Waals surface area contributed by atoms with E-state index >= 15 is 0 Å². The van der Waals surface area contributed by atoms with Crippen molar-refractivity contribution >= 4 is 56.3 Å². The molecular weight excluding hydrogens is 385 g/mol. The van der Waals surface area contributed by atoms with Gasteiger partial charge in [-0.1, -0.05) is 59.1 Å². The highest BCUT2D eigenvalue weighted by Crippen LogP contribution is 2.42. The van der Waals surface area contributed by atoms with Crippen LogP contribution in [0, 0.1) is 13.8 Å². The number of nitrogens with zero attached hydrogens (tertiary/aromatic N) is 2. The van der Waals surface area contributed by atoms with E-state index in [1.54, 1.807) is 29.8 Å². The van der Waals surface area contributed by atoms with E-state index in [-0.39, 0.29) is 0 Å². The van der Waals surface area contributed by atoms with Crippen molar-refractivity contribution in [1.29, 1.82) is 0 Å². The highest BCUT2D eigenvalue weighted by Gasteiger charge is 2.18. The maximum Gasteiger partial charge on any atom is 0.143 e. The van der Waals surface area contributed by atoms with E-state index in [2.05, 4.69) is 53.4 Å². The smallest absolute Gasteiger partial charge is 0.143 e. The number of nitrogens with one attached hydrogen (secondary N) is 1. The van der Waals surface area contributed by atoms with Crippen LogP contribution in [0.3, 0.4) is 0 Å². The van der Waals surface area contributed by atoms with Crippen LogP contribution in [0.1, 0.15) is 10.4 Å². The summed E-state index contributed by atoms with van der Waals surface area (Å²) in [5.74, 6) is 0.699. The molecule has 0 aliphatic rings. The van der Waals surface area contributed by atoms with Gasteiger partial charge in [-0.3, -0.25) is 0 Å². The summed E-state index contributed by atoms with van der Waals surface area (Å²) in [6, 6.07) is 13.9. The SMILES string of the molecule is Cc1ccc(-c2c(C)sc3ncnc(Nc4c(Cl)cccc4Cl)c23)cc1. The molecule has 0 radical (unpaired) electrons. The lowest BCUT2D eigenvalue weighted by atomic mass is 10.0. The van der Waals surface area contributed by atoms with Gasteiger partial charge in [-0.05, 0) is 31.5 Å². The Labute approximate surface area is 165 Å². The van der Waals surface area contributed by atoms with E-state index in [9.17, 15) is 0 Å². The first kappa shape index (κ1) is 17.3. The molecule has 6 heteroatoms. The molecule has 4 rings (SSSR count). The zero-order valence-corrected chi connectivity index (χ0v) is 16.5. The lowest BCUT2D eigenvalue weighted by molar-refractivity contribution is 1.23. The van der Waals surface area contributed by atoms with Crippen molar-refractivity contribution in [2.75, 3.05) is 5.32 Å². The minimum absolute atomic E-state index is 0.549. The van der Waals surface area contributed by atoms with Crippen LogP contribution in [0.4, 0.5) is 11.5 Å². The third kappa shape index (κ3) is 3.05. The maximum absolute atomic E-state index is 6.32. The molecule has 26 heavy (non-hydrogen) atoms. The van der Waals surface area contributed by atoms with Crippen LogP contribution in [0.25, 0.3) is 21.3 Å². The summed E-state index contributed by atoms with van der Waals surface area (Å²) < 4.78 is 0. The van der Waals surface area contributed by atoms with Crippen molar-refractivity contribution in [3.05, 3.63) is 69.3 Å². The van der Waals surface area contributed by atoms with Gasteiger partial charge in [0.2, 0.25) is 0 Å². The van der Waals surface area contributed by atoms with Gasteiger partial charge in [0.05, 0.1) is 21.1 Å². The lowest BCUT2D eigenvalue weighted by Gasteiger charge is -2.12. The Morgan fingerprint density at radius 1 is 0.923 bits per heavy atom. The molecule has 0 saturated carbocycles. The van der Waals surface area contributed by atoms with Gasteiger partial charge >= 0.3 is 0 Å². The summed E-state index contributed by atoms with van der Waals surface area (Å²) in [6.07, 6.45) is 1.56. The van der Waals surface area contributed by atoms with Crippen LogP contribution in [-0.4, -0.2) is 9.97 Å². The summed E-state index contributed by atoms with van der Waals surface area (Å²) in [5, 5.41) is 5.39. The van der Waals surface area contributed by atoms with Gasteiger partial charge in [-0.25, -0.2) is 9.97 Å². The molecule has 2 heterocycles. The monoisotopic (exact) mass is 399 g/mol. The van der Waals surface area contributed by atoms with Gasteiger partial charge in [0, 0.05) is 10.4 Å². The van der Waals surface area contributed by atoms with Crippen LogP contribution in [-0.2, 0) is 0 Å². The number of halogens is 2. The fraction of sp³-hybridized carbons (Fsp3) is 0.100. The average Bonchev–Trinajstić information content (AvgIpc) is 2.96. The first-order valence-electron chi connectivity index (χ1n) is 8.07. The van der Waals surface area contributed by atoms with Crippen molar-refractivity contribution in [3.8, 4) is 11.1 Å². The number of aromatic nitrogens is 2. The standard InChI is InChI=1S/C20H15Cl2N3S/c1-11-6-8-13(9-7-11)16-12(2)26-20-17(16)19(23-10-24-20)25-18-14(21)4-3-5-15(18)22/h3-10H,1-2H3,(H,23,24,25). The zero-order chi connectivity index (χ0) is 18.3. The molecule has 2 aromatic carbocycles. The Morgan fingerprint density at radius 2 is 1.62 bits per heavy atom. The van der Waals surface area contributed by atoms with Crippen LogP contribution in [0.15, 0.2) is 48.8 Å². The molecule has 2 aromatic heterocycles. The van der Waals surface area contributed by atoms with Crippen molar-refractivity contribution < 1.29 is 0 Å². The van der Waals surface area contributed by atoms with Crippen molar-refractivity contribution in [2.45, 2.75) is 13.8 Å². The predicted molar refractivity (Wildman–Crippen MR) is 112 cm³/mol. The minimum Gasteiger partial charge on any atom is -0.337 e. The first-order valence-corrected chi connectivity index (χ1v) is 9.64. The van der Waals surface area contributed by atoms with Crippen LogP contribution in [0.5, 0.6) is 0 Å². The number of benzene rings is 2. The summed E-state index contributed by atoms with van der Waals surface area (Å²) in [6.45, 7) is 4.19. The Morgan fingerprint density at radius 3 is 2.31 bits per heavy atom. The van der Waals surface area contributed by atoms with Crippen LogP contribution >= 0.6 is 34.5 Å². The third-order valence-corrected chi connectivity index (χ3v) is 5.85. The van der Waals surface area contributed by atoms with E-state index < -0.39 is 0 Å². The predicted octanol–water partition coefficient (Wildman–Crippen LogP) is 7.03. The van der Waals surface area contributed by atoms with Crippen molar-refractivity contribution in [2.24, 2.45) is 0 Å². The largest absolute Gasteiger partial charge is 0.337 e. The number of para-hydroxylation sites is 1. The van der Waals surface area contributed by atoms with E-state index in [4.69, 9.17) is 23.2 Å². The number of fused-ring (bicyclic) bond motifs is 1. The highest BCUT2D eigenvalue weighted by atomic mass is 35.5. The van der Waals surface area contributed by atoms with Gasteiger partial charge in [0.25, 0.3) is 0 Å². The van der Waals surface area contributed by atoms with Gasteiger partial charge in [-0.15, -0.1) is 11.3 Å². The fourth-order valence-electron chi connectivity index (χ4n) is 2.94. The Kier molecular flexibility index (Phi) is 4.57. The number of aryl methyl sites for hydroxylation is 2. The fourth-order valence-corrected chi connectivity index (χ4v) is 4.45. The third-order valence-electron chi connectivity index (χ3n) is 4.21. The molecule has 130 valence electrons. The average molecular weight is 400 g/mol. The molecule has 0 amide bonds. The first-order chi connectivity index (χ1) is 12.5. The number of hydrogen-bond donors (Lipinski definition) is 1. The molecule has 0 aliphatic heterocycles. The molecular formula is C20H15Cl2N3S. The molecule has 0 fully saturated rings. The van der Waals surface area contributed by atoms with E-state index in [0.29, 0.717) is 21.6 Å². The quantitative estimate of drug-likeness (QED) is 0.401. The number of hydrogen-bond acceptors (Lipinski definition) is 4. The van der Waals surface area contributed by atoms with Crippen molar-refractivity contribution in [1.82, 2.24) is 9.97 Å². The van der Waals surface area contributed by atoms with E-state index in [1.807, 2.05) is 6.07 Å². The summed E-state index contributed by atoms with van der Waals surface area (Å²) >= 11 is 14.3. The second-order valence-electron chi connectivity index (χ2n) is 6.02. The van der Waals surface area contributed by atoms with Crippen LogP contribution < -0.4 is 5.32 Å². The Bertz CT molecular complexity index is 1080. The van der Waals surface area contributed by atoms with Gasteiger partial charge in [0.1, 0.15) is 17.0 Å². The summed E-state index contributed by atoms with van der Waals surface area (Å²) in [4.78, 5) is 11.0. The molecule has 0 atom stereocenters. The Hall–Kier alpha value is -2.14. The van der Waals surface area contributed by atoms with Crippen LogP contribution in [0.2, 0.25) is 10.0 Å². The van der Waals surface area contributed by atoms with E-state index in [1.165, 1.54) is 10.4 Å². The molecule has 3 nitrogen and oxygen atoms in total. The number of thiophene rings is 1. The second kappa shape index (κ2) is 6.88. The molecule has 1 N–H and O–H groups in total. The topological polar surface area (TPSA) is 37.8 Å². The van der Waals surface area contributed by atoms with Gasteiger partial charge < -0.3 is 5.32 Å². The maximum atomic E-state index is 6.32. The molecule has 0 aliphatic carbocycles. The van der Waals surface area contributed by atoms with E-state index in [0.717, 1.165) is 21.3 Å². The van der Waals surface area contributed by atoms with Crippen molar-refractivity contribution in [3.63, 3.8) is 0 Å². The minimum atomic E-state index is 0.549. The lowest BCUT2D eigenvalue weighted by Crippen LogP contribution is -1.97. The zero-order valence-electron chi connectivity index (χ0n) is 14.2. The molecule has 0 unspecified atom stereocenters. The summed E-state index contributed by atoms with van der Waals surface area (Å²) in [5.41, 5.74) is 4.15. The normalized spacial score (nSPS) is 11.1. The molecule has 0 bridgehead atoms. The summed E-state index contributed by atoms with van der Waals surface area (Å²) in [7, 11) is 0. The number of rotatable bonds is 3. The van der Waals surface area contributed by atoms with Gasteiger partial charge in [-0.2, -0.15) is 0 Å². The highest BCUT2D eigenvalue weighted by molar-refractivity contribution is 7.19. The number of anilines is 2.